The molecule has 0 spiro atoms. The number of aromatic nitrogens is 2. The summed E-state index contributed by atoms with van der Waals surface area (Å²) in [4.78, 5) is 17.3. The first-order chi connectivity index (χ1) is 18.8. The Labute approximate surface area is 231 Å². The minimum Gasteiger partial charge on any atom is -0.356 e. The van der Waals surface area contributed by atoms with Crippen LogP contribution < -0.4 is 5.32 Å². The zero-order valence-electron chi connectivity index (χ0n) is 22.4. The van der Waals surface area contributed by atoms with Crippen LogP contribution in [0.4, 0.5) is 0 Å². The number of thioether (sulfide) groups is 1. The van der Waals surface area contributed by atoms with Crippen molar-refractivity contribution in [2.45, 2.75) is 63.4 Å². The summed E-state index contributed by atoms with van der Waals surface area (Å²) in [5, 5.41) is 4.09. The van der Waals surface area contributed by atoms with E-state index in [0.29, 0.717) is 6.42 Å². The molecular formula is C33H39N3OS. The van der Waals surface area contributed by atoms with E-state index in [1.807, 2.05) is 12.1 Å². The molecule has 1 N–H and O–H groups in total. The third-order valence-electron chi connectivity index (χ3n) is 6.59. The highest BCUT2D eigenvalue weighted by Crippen LogP contribution is 2.38. The second-order valence-corrected chi connectivity index (χ2v) is 10.6. The van der Waals surface area contributed by atoms with Crippen molar-refractivity contribution in [2.24, 2.45) is 0 Å². The van der Waals surface area contributed by atoms with Gasteiger partial charge in [0.1, 0.15) is 0 Å². The average molecular weight is 526 g/mol. The van der Waals surface area contributed by atoms with Crippen molar-refractivity contribution < 1.29 is 4.79 Å². The lowest BCUT2D eigenvalue weighted by Crippen LogP contribution is -2.24. The number of benzene rings is 3. The highest BCUT2D eigenvalue weighted by molar-refractivity contribution is 7.99. The summed E-state index contributed by atoms with van der Waals surface area (Å²) >= 11 is 1.79. The van der Waals surface area contributed by atoms with Crippen molar-refractivity contribution in [2.75, 3.05) is 12.3 Å². The van der Waals surface area contributed by atoms with E-state index in [4.69, 9.17) is 4.98 Å². The van der Waals surface area contributed by atoms with Crippen LogP contribution in [0.3, 0.4) is 0 Å². The van der Waals surface area contributed by atoms with Gasteiger partial charge in [0.15, 0.2) is 5.16 Å². The monoisotopic (exact) mass is 525 g/mol. The zero-order chi connectivity index (χ0) is 26.4. The lowest BCUT2D eigenvalue weighted by molar-refractivity contribution is -0.121. The molecule has 0 unspecified atom stereocenters. The highest BCUT2D eigenvalue weighted by Gasteiger charge is 2.21. The van der Waals surface area contributed by atoms with Gasteiger partial charge in [-0.25, -0.2) is 4.98 Å². The SMILES string of the molecule is CCCCCCCC(=O)NCCCCSc1nc(-c2ccccc2)c(-c2ccccc2)n1-c1ccccc1. The molecule has 198 valence electrons. The number of rotatable bonds is 15. The maximum absolute atomic E-state index is 12.1. The summed E-state index contributed by atoms with van der Waals surface area (Å²) < 4.78 is 2.29. The van der Waals surface area contributed by atoms with Gasteiger partial charge in [-0.05, 0) is 31.4 Å². The summed E-state index contributed by atoms with van der Waals surface area (Å²) in [5.41, 5.74) is 5.47. The van der Waals surface area contributed by atoms with Crippen LogP contribution in [0.2, 0.25) is 0 Å². The minimum atomic E-state index is 0.189. The number of carbonyl (C=O) groups excluding carboxylic acids is 1. The van der Waals surface area contributed by atoms with E-state index in [-0.39, 0.29) is 5.91 Å². The van der Waals surface area contributed by atoms with Crippen molar-refractivity contribution >= 4 is 17.7 Å². The van der Waals surface area contributed by atoms with Gasteiger partial charge >= 0.3 is 0 Å². The molecule has 0 aliphatic heterocycles. The van der Waals surface area contributed by atoms with E-state index in [1.165, 1.54) is 19.3 Å². The fourth-order valence-corrected chi connectivity index (χ4v) is 5.58. The molecule has 1 amide bonds. The molecular weight excluding hydrogens is 486 g/mol. The molecule has 0 bridgehead atoms. The molecule has 5 heteroatoms. The molecule has 3 aromatic carbocycles. The van der Waals surface area contributed by atoms with Crippen LogP contribution in [-0.2, 0) is 4.79 Å². The predicted octanol–water partition coefficient (Wildman–Crippen LogP) is 8.56. The molecule has 4 nitrogen and oxygen atoms in total. The number of nitrogens with one attached hydrogen (secondary N) is 1. The first kappa shape index (κ1) is 27.7. The summed E-state index contributed by atoms with van der Waals surface area (Å²) in [6.45, 7) is 2.95. The summed E-state index contributed by atoms with van der Waals surface area (Å²) in [5.74, 6) is 1.13. The third-order valence-corrected chi connectivity index (χ3v) is 7.61. The van der Waals surface area contributed by atoms with E-state index in [9.17, 15) is 4.79 Å². The molecule has 0 aliphatic carbocycles. The van der Waals surface area contributed by atoms with Gasteiger partial charge in [0.05, 0.1) is 11.4 Å². The number of imidazole rings is 1. The van der Waals surface area contributed by atoms with Crippen LogP contribution in [0.1, 0.15) is 58.3 Å². The van der Waals surface area contributed by atoms with Crippen LogP contribution in [-0.4, -0.2) is 27.8 Å². The smallest absolute Gasteiger partial charge is 0.219 e. The van der Waals surface area contributed by atoms with E-state index < -0.39 is 0 Å². The Bertz CT molecular complexity index is 1240. The highest BCUT2D eigenvalue weighted by atomic mass is 32.2. The molecule has 0 fully saturated rings. The van der Waals surface area contributed by atoms with Gasteiger partial charge in [0.2, 0.25) is 5.91 Å². The third kappa shape index (κ3) is 7.84. The van der Waals surface area contributed by atoms with Crippen LogP contribution in [0.5, 0.6) is 0 Å². The summed E-state index contributed by atoms with van der Waals surface area (Å²) in [6, 6.07) is 31.5. The molecule has 0 atom stereocenters. The first-order valence-electron chi connectivity index (χ1n) is 14.0. The Morgan fingerprint density at radius 1 is 0.763 bits per heavy atom. The zero-order valence-corrected chi connectivity index (χ0v) is 23.3. The minimum absolute atomic E-state index is 0.189. The van der Waals surface area contributed by atoms with Gasteiger partial charge in [0.25, 0.3) is 0 Å². The Kier molecular flexibility index (Phi) is 11.1. The van der Waals surface area contributed by atoms with Gasteiger partial charge in [0, 0.05) is 35.5 Å². The first-order valence-corrected chi connectivity index (χ1v) is 14.9. The van der Waals surface area contributed by atoms with E-state index in [1.54, 1.807) is 11.8 Å². The van der Waals surface area contributed by atoms with E-state index >= 15 is 0 Å². The van der Waals surface area contributed by atoms with Crippen molar-refractivity contribution in [1.29, 1.82) is 0 Å². The number of amides is 1. The number of hydrogen-bond acceptors (Lipinski definition) is 3. The fourth-order valence-electron chi connectivity index (χ4n) is 4.57. The van der Waals surface area contributed by atoms with Crippen LogP contribution >= 0.6 is 11.8 Å². The van der Waals surface area contributed by atoms with Crippen molar-refractivity contribution in [3.8, 4) is 28.2 Å². The van der Waals surface area contributed by atoms with Crippen LogP contribution in [0.25, 0.3) is 28.2 Å². The van der Waals surface area contributed by atoms with Gasteiger partial charge in [-0.2, -0.15) is 0 Å². The van der Waals surface area contributed by atoms with Crippen molar-refractivity contribution in [3.63, 3.8) is 0 Å². The van der Waals surface area contributed by atoms with Crippen LogP contribution in [0, 0.1) is 0 Å². The predicted molar refractivity (Wildman–Crippen MR) is 161 cm³/mol. The molecule has 0 aliphatic rings. The molecule has 1 aromatic heterocycles. The lowest BCUT2D eigenvalue weighted by Gasteiger charge is -2.13. The Morgan fingerprint density at radius 3 is 2.08 bits per heavy atom. The largest absolute Gasteiger partial charge is 0.356 e. The molecule has 0 radical (unpaired) electrons. The molecule has 4 rings (SSSR count). The number of para-hydroxylation sites is 1. The van der Waals surface area contributed by atoms with Crippen LogP contribution in [0.15, 0.2) is 96.2 Å². The van der Waals surface area contributed by atoms with Gasteiger partial charge < -0.3 is 5.32 Å². The average Bonchev–Trinajstić information content (AvgIpc) is 3.35. The summed E-state index contributed by atoms with van der Waals surface area (Å²) in [7, 11) is 0. The molecule has 0 saturated carbocycles. The topological polar surface area (TPSA) is 46.9 Å². The van der Waals surface area contributed by atoms with Gasteiger partial charge in [-0.15, -0.1) is 0 Å². The number of unbranched alkanes of at least 4 members (excludes halogenated alkanes) is 5. The number of hydrogen-bond donors (Lipinski definition) is 1. The molecule has 38 heavy (non-hydrogen) atoms. The van der Waals surface area contributed by atoms with E-state index in [0.717, 1.165) is 71.3 Å². The second-order valence-electron chi connectivity index (χ2n) is 9.56. The summed E-state index contributed by atoms with van der Waals surface area (Å²) in [6.07, 6.45) is 8.52. The van der Waals surface area contributed by atoms with Gasteiger partial charge in [-0.1, -0.05) is 123 Å². The molecule has 4 aromatic rings. The van der Waals surface area contributed by atoms with E-state index in [2.05, 4.69) is 95.7 Å². The standard InChI is InChI=1S/C33H39N3OS/c1-2-3-4-5-15-24-30(37)34-25-16-17-26-38-33-35-31(27-18-9-6-10-19-27)32(28-20-11-7-12-21-28)36(33)29-22-13-8-14-23-29/h6-14,18-23H,2-5,15-17,24-26H2,1H3,(H,34,37). The Hall–Kier alpha value is -3.31. The van der Waals surface area contributed by atoms with Crippen molar-refractivity contribution in [1.82, 2.24) is 14.9 Å². The Morgan fingerprint density at radius 2 is 1.39 bits per heavy atom. The Balaban J connectivity index is 1.45. The maximum atomic E-state index is 12.1. The molecule has 1 heterocycles. The molecule has 0 saturated heterocycles. The van der Waals surface area contributed by atoms with Crippen molar-refractivity contribution in [3.05, 3.63) is 91.0 Å². The fraction of sp³-hybridized carbons (Fsp3) is 0.333. The lowest BCUT2D eigenvalue weighted by atomic mass is 10.0. The number of carbonyl (C=O) groups is 1. The quantitative estimate of drug-likeness (QED) is 0.125. The maximum Gasteiger partial charge on any atom is 0.219 e. The second kappa shape index (κ2) is 15.2. The van der Waals surface area contributed by atoms with Gasteiger partial charge in [-0.3, -0.25) is 9.36 Å². The number of nitrogens with zero attached hydrogens (tertiary/aromatic N) is 2. The normalized spacial score (nSPS) is 11.0.